The van der Waals surface area contributed by atoms with Gasteiger partial charge in [0.15, 0.2) is 0 Å². The topological polar surface area (TPSA) is 34.2 Å². The molecular formula is C44H52N2O3. The van der Waals surface area contributed by atoms with E-state index in [1.165, 1.54) is 46.3 Å². The van der Waals surface area contributed by atoms with Gasteiger partial charge < -0.3 is 24.0 Å². The average Bonchev–Trinajstić information content (AvgIpc) is 3.10. The van der Waals surface area contributed by atoms with Crippen LogP contribution in [0.1, 0.15) is 67.3 Å². The molecule has 0 spiro atoms. The predicted octanol–water partition coefficient (Wildman–Crippen LogP) is 12.4. The molecule has 0 bridgehead atoms. The first-order valence-corrected chi connectivity index (χ1v) is 17.6. The summed E-state index contributed by atoms with van der Waals surface area (Å²) >= 11 is 0. The molecule has 5 rings (SSSR count). The number of hydrogen-bond acceptors (Lipinski definition) is 5. The van der Waals surface area contributed by atoms with Crippen molar-refractivity contribution in [1.82, 2.24) is 0 Å². The third kappa shape index (κ3) is 8.22. The maximum Gasteiger partial charge on any atom is 0.150 e. The Hall–Kier alpha value is -4.90. The lowest BCUT2D eigenvalue weighted by molar-refractivity contribution is 0.304. The first-order chi connectivity index (χ1) is 23.8. The Balaban J connectivity index is 1.71. The van der Waals surface area contributed by atoms with Crippen LogP contribution in [0.25, 0.3) is 0 Å². The lowest BCUT2D eigenvalue weighted by Gasteiger charge is -2.32. The first kappa shape index (κ1) is 35.4. The molecule has 0 amide bonds. The van der Waals surface area contributed by atoms with Crippen molar-refractivity contribution >= 4 is 34.1 Å². The van der Waals surface area contributed by atoms with Gasteiger partial charge in [-0.25, -0.2) is 0 Å². The molecule has 256 valence electrons. The van der Waals surface area contributed by atoms with Gasteiger partial charge in [0.05, 0.1) is 26.5 Å². The van der Waals surface area contributed by atoms with Crippen LogP contribution in [-0.4, -0.2) is 20.8 Å². The number of nitrogens with zero attached hydrogens (tertiary/aromatic N) is 2. The molecule has 5 aromatic carbocycles. The molecule has 0 N–H and O–H groups in total. The molecule has 0 saturated heterocycles. The number of unbranched alkanes of at least 4 members (excludes halogenated alkanes) is 2. The molecule has 0 heterocycles. The fraction of sp³-hybridized carbons (Fsp3) is 0.318. The van der Waals surface area contributed by atoms with E-state index in [1.807, 2.05) is 12.1 Å². The fourth-order valence-corrected chi connectivity index (χ4v) is 6.40. The molecule has 0 aliphatic heterocycles. The highest BCUT2D eigenvalue weighted by Crippen LogP contribution is 2.49. The monoisotopic (exact) mass is 656 g/mol. The molecule has 0 aliphatic rings. The van der Waals surface area contributed by atoms with Crippen LogP contribution in [0.4, 0.5) is 34.1 Å². The highest BCUT2D eigenvalue weighted by atomic mass is 16.5. The number of benzene rings is 5. The fourth-order valence-electron chi connectivity index (χ4n) is 6.40. The summed E-state index contributed by atoms with van der Waals surface area (Å²) in [6.45, 7) is 13.8. The van der Waals surface area contributed by atoms with Gasteiger partial charge in [-0.05, 0) is 106 Å². The smallest absolute Gasteiger partial charge is 0.150 e. The van der Waals surface area contributed by atoms with Gasteiger partial charge in [-0.15, -0.1) is 0 Å². The first-order valence-electron chi connectivity index (χ1n) is 17.6. The minimum atomic E-state index is 0.638. The molecule has 0 unspecified atom stereocenters. The summed E-state index contributed by atoms with van der Waals surface area (Å²) in [5, 5.41) is 0. The van der Waals surface area contributed by atoms with Gasteiger partial charge in [-0.2, -0.15) is 0 Å². The lowest BCUT2D eigenvalue weighted by atomic mass is 9.98. The van der Waals surface area contributed by atoms with E-state index in [2.05, 4.69) is 136 Å². The van der Waals surface area contributed by atoms with Crippen molar-refractivity contribution in [2.45, 2.75) is 73.6 Å². The second-order valence-corrected chi connectivity index (χ2v) is 12.9. The van der Waals surface area contributed by atoms with Gasteiger partial charge in [-0.3, -0.25) is 0 Å². The maximum atomic E-state index is 6.12. The van der Waals surface area contributed by atoms with Gasteiger partial charge in [-0.1, -0.05) is 80.3 Å². The lowest BCUT2D eigenvalue weighted by Crippen LogP contribution is -2.16. The van der Waals surface area contributed by atoms with Gasteiger partial charge in [0, 0.05) is 34.9 Å². The summed E-state index contributed by atoms with van der Waals surface area (Å²) in [6.07, 6.45) is 5.51. The standard InChI is InChI=1S/C44H52N2O3/c1-9-11-14-35-26-33(5)43(34(6)27-35)45(36-21-17-31(3)18-22-36)38-15-13-16-39(28-38)46(37-23-19-32(4)20-24-37)44-41(47-7)29-40(30-42(44)48-8)49-25-12-10-2/h13,15-24,26-30H,9-12,14,25H2,1-8H3. The van der Waals surface area contributed by atoms with Crippen molar-refractivity contribution in [2.24, 2.45) is 0 Å². The highest BCUT2D eigenvalue weighted by Gasteiger charge is 2.25. The van der Waals surface area contributed by atoms with E-state index < -0.39 is 0 Å². The van der Waals surface area contributed by atoms with Gasteiger partial charge in [0.1, 0.15) is 22.9 Å². The zero-order valence-electron chi connectivity index (χ0n) is 30.6. The van der Waals surface area contributed by atoms with E-state index in [4.69, 9.17) is 14.2 Å². The van der Waals surface area contributed by atoms with Crippen LogP contribution in [0.3, 0.4) is 0 Å². The van der Waals surface area contributed by atoms with E-state index >= 15 is 0 Å². The van der Waals surface area contributed by atoms with E-state index in [-0.39, 0.29) is 0 Å². The summed E-state index contributed by atoms with van der Waals surface area (Å²) in [5.41, 5.74) is 12.5. The van der Waals surface area contributed by atoms with Crippen LogP contribution >= 0.6 is 0 Å². The van der Waals surface area contributed by atoms with Crippen LogP contribution in [0, 0.1) is 27.7 Å². The summed E-state index contributed by atoms with van der Waals surface area (Å²) in [7, 11) is 3.40. The summed E-state index contributed by atoms with van der Waals surface area (Å²) in [6, 6.07) is 34.8. The average molecular weight is 657 g/mol. The molecular weight excluding hydrogens is 604 g/mol. The van der Waals surface area contributed by atoms with Gasteiger partial charge >= 0.3 is 0 Å². The minimum Gasteiger partial charge on any atom is -0.494 e. The number of aryl methyl sites for hydroxylation is 5. The van der Waals surface area contributed by atoms with Crippen LogP contribution < -0.4 is 24.0 Å². The minimum absolute atomic E-state index is 0.638. The zero-order chi connectivity index (χ0) is 34.9. The number of ether oxygens (including phenoxy) is 3. The van der Waals surface area contributed by atoms with Crippen molar-refractivity contribution in [1.29, 1.82) is 0 Å². The Labute approximate surface area is 294 Å². The molecule has 0 aliphatic carbocycles. The molecule has 5 aromatic rings. The Morgan fingerprint density at radius 1 is 0.531 bits per heavy atom. The summed E-state index contributed by atoms with van der Waals surface area (Å²) in [5.74, 6) is 2.06. The largest absolute Gasteiger partial charge is 0.494 e. The quantitative estimate of drug-likeness (QED) is 0.105. The molecule has 5 heteroatoms. The van der Waals surface area contributed by atoms with Crippen LogP contribution in [-0.2, 0) is 6.42 Å². The number of anilines is 6. The van der Waals surface area contributed by atoms with E-state index in [0.717, 1.165) is 53.4 Å². The van der Waals surface area contributed by atoms with E-state index in [9.17, 15) is 0 Å². The molecule has 0 aromatic heterocycles. The molecule has 5 nitrogen and oxygen atoms in total. The number of hydrogen-bond donors (Lipinski definition) is 0. The Morgan fingerprint density at radius 3 is 1.49 bits per heavy atom. The van der Waals surface area contributed by atoms with Crippen LogP contribution in [0.2, 0.25) is 0 Å². The van der Waals surface area contributed by atoms with Crippen molar-refractivity contribution in [3.63, 3.8) is 0 Å². The maximum absolute atomic E-state index is 6.12. The van der Waals surface area contributed by atoms with E-state index in [1.54, 1.807) is 14.2 Å². The normalized spacial score (nSPS) is 10.9. The second-order valence-electron chi connectivity index (χ2n) is 12.9. The summed E-state index contributed by atoms with van der Waals surface area (Å²) in [4.78, 5) is 4.61. The SMILES string of the molecule is CCCCOc1cc(OC)c(N(c2ccc(C)cc2)c2cccc(N(c3ccc(C)cc3)c3c(C)cc(CCCC)cc3C)c2)c(OC)c1. The zero-order valence-corrected chi connectivity index (χ0v) is 30.6. The van der Waals surface area contributed by atoms with Crippen LogP contribution in [0.15, 0.2) is 97.1 Å². The second kappa shape index (κ2) is 16.5. The van der Waals surface area contributed by atoms with E-state index in [0.29, 0.717) is 18.1 Å². The highest BCUT2D eigenvalue weighted by molar-refractivity contribution is 5.88. The molecule has 0 radical (unpaired) electrons. The third-order valence-corrected chi connectivity index (χ3v) is 8.97. The molecule has 49 heavy (non-hydrogen) atoms. The van der Waals surface area contributed by atoms with Gasteiger partial charge in [0.25, 0.3) is 0 Å². The Kier molecular flexibility index (Phi) is 11.9. The van der Waals surface area contributed by atoms with Crippen molar-refractivity contribution in [3.05, 3.63) is 125 Å². The van der Waals surface area contributed by atoms with Crippen LogP contribution in [0.5, 0.6) is 17.2 Å². The van der Waals surface area contributed by atoms with Gasteiger partial charge in [0.2, 0.25) is 0 Å². The number of rotatable bonds is 15. The predicted molar refractivity (Wildman–Crippen MR) is 207 cm³/mol. The number of methoxy groups -OCH3 is 2. The van der Waals surface area contributed by atoms with Crippen molar-refractivity contribution in [2.75, 3.05) is 30.6 Å². The van der Waals surface area contributed by atoms with Crippen molar-refractivity contribution < 1.29 is 14.2 Å². The molecule has 0 saturated carbocycles. The van der Waals surface area contributed by atoms with Crippen molar-refractivity contribution in [3.8, 4) is 17.2 Å². The third-order valence-electron chi connectivity index (χ3n) is 8.97. The molecule has 0 fully saturated rings. The molecule has 0 atom stereocenters. The summed E-state index contributed by atoms with van der Waals surface area (Å²) < 4.78 is 18.3. The Bertz CT molecular complexity index is 1780. The Morgan fingerprint density at radius 2 is 1.02 bits per heavy atom.